The molecule has 1 N–H and O–H groups in total. The number of nitrogens with one attached hydrogen (secondary N) is 1. The smallest absolute Gasteiger partial charge is 0.117 e. The van der Waals surface area contributed by atoms with Crippen LogP contribution in [0.1, 0.15) is 18.5 Å². The molecule has 1 aromatic rings. The van der Waals surface area contributed by atoms with E-state index in [1.54, 1.807) is 0 Å². The zero-order valence-corrected chi connectivity index (χ0v) is 8.57. The topological polar surface area (TPSA) is 20.2 Å². The van der Waals surface area contributed by atoms with Gasteiger partial charge in [-0.2, -0.15) is 0 Å². The van der Waals surface area contributed by atoms with Crippen LogP contribution >= 0.6 is 9.39 Å². The molecule has 0 bridgehead atoms. The lowest BCUT2D eigenvalue weighted by Crippen LogP contribution is -2.38. The fourth-order valence-electron chi connectivity index (χ4n) is 1.67. The van der Waals surface area contributed by atoms with Crippen LogP contribution in [0.25, 0.3) is 0 Å². The first-order chi connectivity index (χ1) is 5.70. The third-order valence-electron chi connectivity index (χ3n) is 2.38. The Balaban J connectivity index is 2.50. The highest BCUT2D eigenvalue weighted by molar-refractivity contribution is 7.14. The first-order valence-electron chi connectivity index (χ1n) is 4.11. The second-order valence-electron chi connectivity index (χ2n) is 3.28. The third kappa shape index (κ3) is 1.05. The standard InChI is InChI=1S/C8H14N3P/c1-6-7-3-4-11(12)8(7)10(2)5-9-6/h3-4,6,9H,5,12H2,1-2H3. The van der Waals surface area contributed by atoms with Gasteiger partial charge in [0.2, 0.25) is 0 Å². The van der Waals surface area contributed by atoms with E-state index in [1.807, 2.05) is 0 Å². The minimum absolute atomic E-state index is 0.470. The second kappa shape index (κ2) is 2.75. The quantitative estimate of drug-likeness (QED) is 0.609. The first-order valence-corrected chi connectivity index (χ1v) is 4.62. The van der Waals surface area contributed by atoms with E-state index in [9.17, 15) is 0 Å². The van der Waals surface area contributed by atoms with Crippen LogP contribution in [0.4, 0.5) is 5.82 Å². The van der Waals surface area contributed by atoms with E-state index in [4.69, 9.17) is 0 Å². The molecule has 0 saturated heterocycles. The Morgan fingerprint density at radius 1 is 1.67 bits per heavy atom. The number of nitrogens with zero attached hydrogens (tertiary/aromatic N) is 2. The van der Waals surface area contributed by atoms with Crippen molar-refractivity contribution in [2.75, 3.05) is 18.6 Å². The maximum absolute atomic E-state index is 3.40. The molecule has 0 radical (unpaired) electrons. The SMILES string of the molecule is CC1NCN(C)c2c1ccn2P. The van der Waals surface area contributed by atoms with Crippen molar-refractivity contribution >= 4 is 15.2 Å². The molecule has 0 amide bonds. The number of hydrogen-bond donors (Lipinski definition) is 1. The Kier molecular flexibility index (Phi) is 1.85. The van der Waals surface area contributed by atoms with Gasteiger partial charge < -0.3 is 9.24 Å². The monoisotopic (exact) mass is 183 g/mol. The molecule has 1 aliphatic heterocycles. The van der Waals surface area contributed by atoms with Crippen LogP contribution in [0.5, 0.6) is 0 Å². The molecule has 0 aliphatic carbocycles. The molecular formula is C8H14N3P. The van der Waals surface area contributed by atoms with Crippen LogP contribution in [0, 0.1) is 0 Å². The summed E-state index contributed by atoms with van der Waals surface area (Å²) in [4.78, 5) is 2.21. The molecule has 1 aliphatic rings. The minimum atomic E-state index is 0.470. The van der Waals surface area contributed by atoms with E-state index < -0.39 is 0 Å². The molecule has 2 rings (SSSR count). The Labute approximate surface area is 75.0 Å². The second-order valence-corrected chi connectivity index (χ2v) is 3.84. The number of rotatable bonds is 0. The van der Waals surface area contributed by atoms with E-state index in [0.29, 0.717) is 6.04 Å². The van der Waals surface area contributed by atoms with Crippen molar-refractivity contribution in [3.8, 4) is 0 Å². The molecule has 66 valence electrons. The number of aromatic nitrogens is 1. The third-order valence-corrected chi connectivity index (χ3v) is 2.80. The fraction of sp³-hybridized carbons (Fsp3) is 0.500. The Hall–Kier alpha value is -0.530. The minimum Gasteiger partial charge on any atom is -0.348 e. The van der Waals surface area contributed by atoms with Crippen molar-refractivity contribution in [2.45, 2.75) is 13.0 Å². The van der Waals surface area contributed by atoms with Crippen LogP contribution in [0.15, 0.2) is 12.3 Å². The van der Waals surface area contributed by atoms with Crippen LogP contribution in [0.3, 0.4) is 0 Å². The van der Waals surface area contributed by atoms with Crippen molar-refractivity contribution in [1.82, 2.24) is 9.65 Å². The van der Waals surface area contributed by atoms with Crippen LogP contribution in [0.2, 0.25) is 0 Å². The number of anilines is 1. The van der Waals surface area contributed by atoms with Gasteiger partial charge in [-0.3, -0.25) is 5.32 Å². The predicted molar refractivity (Wildman–Crippen MR) is 54.4 cm³/mol. The van der Waals surface area contributed by atoms with E-state index >= 15 is 0 Å². The zero-order chi connectivity index (χ0) is 8.72. The molecule has 3 nitrogen and oxygen atoms in total. The van der Waals surface area contributed by atoms with Gasteiger partial charge in [0.1, 0.15) is 5.82 Å². The summed E-state index contributed by atoms with van der Waals surface area (Å²) < 4.78 is 2.09. The Morgan fingerprint density at radius 3 is 3.08 bits per heavy atom. The number of hydrogen-bond acceptors (Lipinski definition) is 2. The summed E-state index contributed by atoms with van der Waals surface area (Å²) in [5, 5.41) is 3.40. The Bertz CT molecular complexity index is 294. The zero-order valence-electron chi connectivity index (χ0n) is 7.41. The summed E-state index contributed by atoms with van der Waals surface area (Å²) >= 11 is 0. The molecule has 2 unspecified atom stereocenters. The largest absolute Gasteiger partial charge is 0.348 e. The molecule has 0 fully saturated rings. The maximum Gasteiger partial charge on any atom is 0.117 e. The first kappa shape index (κ1) is 8.09. The van der Waals surface area contributed by atoms with Gasteiger partial charge in [-0.15, -0.1) is 0 Å². The summed E-state index contributed by atoms with van der Waals surface area (Å²) in [5.41, 5.74) is 1.37. The van der Waals surface area contributed by atoms with Crippen LogP contribution in [-0.4, -0.2) is 18.1 Å². The van der Waals surface area contributed by atoms with E-state index in [1.165, 1.54) is 11.4 Å². The van der Waals surface area contributed by atoms with E-state index in [0.717, 1.165) is 6.67 Å². The molecule has 0 aromatic carbocycles. The van der Waals surface area contributed by atoms with Crippen molar-refractivity contribution in [2.24, 2.45) is 0 Å². The highest BCUT2D eigenvalue weighted by Crippen LogP contribution is 2.31. The van der Waals surface area contributed by atoms with Crippen molar-refractivity contribution in [1.29, 1.82) is 0 Å². The normalized spacial score (nSPS) is 22.6. The lowest BCUT2D eigenvalue weighted by molar-refractivity contribution is 0.543. The van der Waals surface area contributed by atoms with Gasteiger partial charge in [-0.05, 0) is 22.4 Å². The molecule has 0 spiro atoms. The van der Waals surface area contributed by atoms with Gasteiger partial charge >= 0.3 is 0 Å². The molecule has 2 heterocycles. The molecule has 0 saturated carbocycles. The molecule has 4 heteroatoms. The molecule has 12 heavy (non-hydrogen) atoms. The van der Waals surface area contributed by atoms with Gasteiger partial charge in [-0.25, -0.2) is 0 Å². The average molecular weight is 183 g/mol. The maximum atomic E-state index is 3.40. The van der Waals surface area contributed by atoms with Crippen molar-refractivity contribution in [3.05, 3.63) is 17.8 Å². The lowest BCUT2D eigenvalue weighted by atomic mass is 10.1. The van der Waals surface area contributed by atoms with Crippen molar-refractivity contribution in [3.63, 3.8) is 0 Å². The van der Waals surface area contributed by atoms with Gasteiger partial charge in [0.25, 0.3) is 0 Å². The fourth-order valence-corrected chi connectivity index (χ4v) is 2.10. The molecular weight excluding hydrogens is 169 g/mol. The van der Waals surface area contributed by atoms with Crippen LogP contribution in [-0.2, 0) is 0 Å². The van der Waals surface area contributed by atoms with E-state index in [2.05, 4.69) is 50.2 Å². The van der Waals surface area contributed by atoms with Gasteiger partial charge in [0, 0.05) is 24.8 Å². The van der Waals surface area contributed by atoms with Crippen molar-refractivity contribution < 1.29 is 0 Å². The van der Waals surface area contributed by atoms with Gasteiger partial charge in [0.05, 0.1) is 6.67 Å². The van der Waals surface area contributed by atoms with Gasteiger partial charge in [0.15, 0.2) is 0 Å². The Morgan fingerprint density at radius 2 is 2.42 bits per heavy atom. The lowest BCUT2D eigenvalue weighted by Gasteiger charge is -2.30. The molecule has 1 aromatic heterocycles. The van der Waals surface area contributed by atoms with Gasteiger partial charge in [-0.1, -0.05) is 0 Å². The summed E-state index contributed by atoms with van der Waals surface area (Å²) in [6.07, 6.45) is 2.08. The summed E-state index contributed by atoms with van der Waals surface area (Å²) in [6.45, 7) is 3.11. The van der Waals surface area contributed by atoms with E-state index in [-0.39, 0.29) is 0 Å². The summed E-state index contributed by atoms with van der Waals surface area (Å²) in [7, 11) is 4.80. The highest BCUT2D eigenvalue weighted by Gasteiger charge is 2.21. The number of fused-ring (bicyclic) bond motifs is 1. The predicted octanol–water partition coefficient (Wildman–Crippen LogP) is 1.18. The summed E-state index contributed by atoms with van der Waals surface area (Å²) in [5.74, 6) is 1.30. The highest BCUT2D eigenvalue weighted by atomic mass is 31.0. The molecule has 2 atom stereocenters. The summed E-state index contributed by atoms with van der Waals surface area (Å²) in [6, 6.07) is 2.63. The average Bonchev–Trinajstić information content (AvgIpc) is 2.42. The van der Waals surface area contributed by atoms with Crippen LogP contribution < -0.4 is 10.2 Å².